The van der Waals surface area contributed by atoms with Gasteiger partial charge in [0.25, 0.3) is 34.1 Å². The van der Waals surface area contributed by atoms with Crippen molar-refractivity contribution in [1.82, 2.24) is 10.6 Å². The van der Waals surface area contributed by atoms with Crippen LogP contribution in [0.3, 0.4) is 0 Å². The minimum atomic E-state index is -0.865. The molecule has 5 N–H and O–H groups in total. The number of hydrogen-bond acceptors (Lipinski definition) is 19. The lowest BCUT2D eigenvalue weighted by Crippen LogP contribution is -2.26. The molecule has 33 heteroatoms. The topological polar surface area (TPSA) is 379 Å². The fraction of sp³-hybridized carbons (Fsp3) is 0.250. The summed E-state index contributed by atoms with van der Waals surface area (Å²) < 4.78 is 5.06. The molecule has 0 heterocycles. The van der Waals surface area contributed by atoms with Crippen LogP contribution < -0.4 is 26.6 Å². The molecule has 0 atom stereocenters. The van der Waals surface area contributed by atoms with E-state index in [1.807, 2.05) is 20.8 Å². The fourth-order valence-electron chi connectivity index (χ4n) is 7.13. The summed E-state index contributed by atoms with van der Waals surface area (Å²) in [6, 6.07) is 19.2. The number of hydrogen-bond donors (Lipinski definition) is 5. The van der Waals surface area contributed by atoms with Crippen LogP contribution in [0.5, 0.6) is 0 Å². The van der Waals surface area contributed by atoms with E-state index >= 15 is 0 Å². The summed E-state index contributed by atoms with van der Waals surface area (Å²) in [4.78, 5) is 98.8. The largest absolute Gasteiger partial charge is 0.465 e. The maximum absolute atomic E-state index is 12.2. The zero-order chi connectivity index (χ0) is 62.5. The van der Waals surface area contributed by atoms with Gasteiger partial charge in [-0.1, -0.05) is 104 Å². The third-order valence-corrected chi connectivity index (χ3v) is 12.9. The smallest absolute Gasteiger partial charge is 0.310 e. The van der Waals surface area contributed by atoms with E-state index in [1.165, 1.54) is 36.4 Å². The molecular formula is C52H51Cl6N11O16. The van der Waals surface area contributed by atoms with Crippen LogP contribution in [0.2, 0.25) is 30.1 Å². The van der Waals surface area contributed by atoms with Crippen LogP contribution >= 0.6 is 69.6 Å². The van der Waals surface area contributed by atoms with Gasteiger partial charge in [0, 0.05) is 79.1 Å². The molecule has 0 aromatic heterocycles. The van der Waals surface area contributed by atoms with Gasteiger partial charge in [0.15, 0.2) is 0 Å². The van der Waals surface area contributed by atoms with E-state index in [0.29, 0.717) is 70.8 Å². The van der Waals surface area contributed by atoms with Crippen molar-refractivity contribution in [3.63, 3.8) is 0 Å². The van der Waals surface area contributed by atoms with Crippen molar-refractivity contribution < 1.29 is 48.7 Å². The van der Waals surface area contributed by atoms with Crippen LogP contribution in [0.25, 0.3) is 0 Å². The van der Waals surface area contributed by atoms with Gasteiger partial charge >= 0.3 is 5.97 Å². The SMILES string of the molecule is C.CCCNC(=O)Cc1cc([N+](=O)[O-])cc([N+](=O)[O-])c1Nc1c(Cl)cc([N+](=O)[O-])cc1Cl.CCCNC(=O)Cc1cc([N+](=O)[O-])ccc1Nc1c(Cl)cc([N+](=O)[O-])cc1Cl.CCCOC(=O)Cc1cc([N+](=O)[O-])ccc1Nc1c(Cl)cccc1Cl. The molecule has 2 amide bonds. The number of rotatable bonds is 24. The van der Waals surface area contributed by atoms with Crippen molar-refractivity contribution in [3.8, 4) is 0 Å². The number of ether oxygens (including phenoxy) is 1. The van der Waals surface area contributed by atoms with Crippen molar-refractivity contribution in [2.24, 2.45) is 0 Å². The number of non-ortho nitro benzene ring substituents is 5. The van der Waals surface area contributed by atoms with E-state index in [-0.39, 0.29) is 86.0 Å². The number of benzene rings is 6. The van der Waals surface area contributed by atoms with Crippen molar-refractivity contribution >= 4 is 156 Å². The average molecular weight is 1300 g/mol. The van der Waals surface area contributed by atoms with Gasteiger partial charge in [-0.25, -0.2) is 0 Å². The Bertz CT molecular complexity index is 3460. The van der Waals surface area contributed by atoms with E-state index in [1.54, 1.807) is 18.2 Å². The molecule has 6 aromatic rings. The van der Waals surface area contributed by atoms with E-state index in [9.17, 15) is 75.1 Å². The summed E-state index contributed by atoms with van der Waals surface area (Å²) in [5, 5.41) is 81.0. The Morgan fingerprint density at radius 2 is 0.788 bits per heavy atom. The van der Waals surface area contributed by atoms with E-state index in [2.05, 4.69) is 26.6 Å². The molecule has 6 rings (SSSR count). The molecule has 0 aliphatic carbocycles. The number of nitrogens with zero attached hydrogens (tertiary/aromatic N) is 6. The van der Waals surface area contributed by atoms with Crippen LogP contribution in [0.15, 0.2) is 91.0 Å². The molecule has 27 nitrogen and oxygen atoms in total. The quantitative estimate of drug-likeness (QED) is 0.0213. The van der Waals surface area contributed by atoms with Crippen molar-refractivity contribution in [2.75, 3.05) is 35.6 Å². The van der Waals surface area contributed by atoms with Crippen LogP contribution in [0.1, 0.15) is 64.2 Å². The standard InChI is InChI=1S/C17H15Cl2N5O7.C17H16Cl2N4O5.C17H16Cl2N2O4.CH4/c1-2-3-20-15(25)5-9-4-10(22(26)27)8-14(24(30)31)16(9)21-17-12(18)6-11(23(28)29)7-13(17)19;1-2-5-20-16(24)7-10-6-11(22(25)26)3-4-15(10)21-17-13(18)8-12(23(27)28)9-14(17)19;1-2-8-25-16(22)10-11-9-12(21(23)24)6-7-15(11)20-17-13(18)4-3-5-14(17)19;/h4,6-8,21H,2-3,5H2,1H3,(H,20,25);3-4,6,8-9,21H,2,5,7H2,1H3,(H,20,24);3-7,9,20H,2,8,10H2,1H3;1H4. The molecule has 0 unspecified atom stereocenters. The Morgan fingerprint density at radius 3 is 1.18 bits per heavy atom. The highest BCUT2D eigenvalue weighted by molar-refractivity contribution is 6.41. The zero-order valence-electron chi connectivity index (χ0n) is 44.0. The lowest BCUT2D eigenvalue weighted by molar-refractivity contribution is -0.393. The average Bonchev–Trinajstić information content (AvgIpc) is 2.22. The molecular weight excluding hydrogens is 1250 g/mol. The number of carbonyl (C=O) groups excluding carboxylic acids is 3. The third-order valence-electron chi connectivity index (χ3n) is 11.0. The first-order chi connectivity index (χ1) is 39.7. The minimum Gasteiger partial charge on any atom is -0.465 e. The van der Waals surface area contributed by atoms with Gasteiger partial charge in [0.2, 0.25) is 11.8 Å². The molecule has 0 spiro atoms. The number of nitrogens with one attached hydrogen (secondary N) is 5. The third kappa shape index (κ3) is 20.8. The number of carbonyl (C=O) groups is 3. The number of anilines is 6. The van der Waals surface area contributed by atoms with Crippen LogP contribution in [0.4, 0.5) is 68.2 Å². The first kappa shape index (κ1) is 70.5. The van der Waals surface area contributed by atoms with Gasteiger partial charge < -0.3 is 31.3 Å². The normalized spacial score (nSPS) is 10.3. The summed E-state index contributed by atoms with van der Waals surface area (Å²) in [5.74, 6) is -1.28. The Hall–Kier alpha value is -8.73. The van der Waals surface area contributed by atoms with Gasteiger partial charge in [-0.15, -0.1) is 0 Å². The summed E-state index contributed by atoms with van der Waals surface area (Å²) in [6.45, 7) is 6.73. The van der Waals surface area contributed by atoms with Gasteiger partial charge in [0.05, 0.1) is 109 Å². The summed E-state index contributed by atoms with van der Waals surface area (Å²) in [6.07, 6.45) is 1.46. The molecule has 0 saturated heterocycles. The van der Waals surface area contributed by atoms with Crippen LogP contribution in [0, 0.1) is 60.7 Å². The molecule has 6 aromatic carbocycles. The predicted molar refractivity (Wildman–Crippen MR) is 324 cm³/mol. The molecule has 0 radical (unpaired) electrons. The predicted octanol–water partition coefficient (Wildman–Crippen LogP) is 14.9. The van der Waals surface area contributed by atoms with Crippen molar-refractivity contribution in [1.29, 1.82) is 0 Å². The Kier molecular flexibility index (Phi) is 27.8. The summed E-state index contributed by atoms with van der Waals surface area (Å²) in [7, 11) is 0. The second-order valence-corrected chi connectivity index (χ2v) is 19.7. The van der Waals surface area contributed by atoms with Crippen LogP contribution in [-0.2, 0) is 38.4 Å². The van der Waals surface area contributed by atoms with E-state index in [4.69, 9.17) is 74.3 Å². The highest BCUT2D eigenvalue weighted by Crippen LogP contribution is 2.43. The molecule has 0 aliphatic rings. The Labute approximate surface area is 513 Å². The molecule has 0 aliphatic heterocycles. The van der Waals surface area contributed by atoms with Gasteiger partial charge in [-0.3, -0.25) is 75.1 Å². The number of nitro groups is 6. The number of para-hydroxylation sites is 1. The second-order valence-electron chi connectivity index (χ2n) is 17.2. The number of nitro benzene ring substituents is 6. The minimum absolute atomic E-state index is 0. The van der Waals surface area contributed by atoms with Gasteiger partial charge in [-0.2, -0.15) is 0 Å². The molecule has 0 saturated carbocycles. The molecule has 452 valence electrons. The van der Waals surface area contributed by atoms with E-state index < -0.39 is 64.9 Å². The second kappa shape index (κ2) is 33.5. The summed E-state index contributed by atoms with van der Waals surface area (Å²) >= 11 is 36.6. The number of esters is 1. The van der Waals surface area contributed by atoms with E-state index in [0.717, 1.165) is 42.8 Å². The lowest BCUT2D eigenvalue weighted by atomic mass is 10.1. The lowest BCUT2D eigenvalue weighted by Gasteiger charge is -2.15. The first-order valence-corrected chi connectivity index (χ1v) is 26.7. The molecule has 85 heavy (non-hydrogen) atoms. The Morgan fingerprint density at radius 1 is 0.424 bits per heavy atom. The zero-order valence-corrected chi connectivity index (χ0v) is 48.5. The highest BCUT2D eigenvalue weighted by Gasteiger charge is 2.28. The summed E-state index contributed by atoms with van der Waals surface area (Å²) in [5.41, 5.74) is -0.361. The maximum Gasteiger partial charge on any atom is 0.310 e. The fourth-order valence-corrected chi connectivity index (χ4v) is 8.76. The molecule has 0 bridgehead atoms. The molecule has 0 fully saturated rings. The number of halogens is 6. The van der Waals surface area contributed by atoms with Gasteiger partial charge in [-0.05, 0) is 60.2 Å². The Balaban J connectivity index is 0.000000334. The number of amides is 2. The van der Waals surface area contributed by atoms with Crippen LogP contribution in [-0.4, -0.2) is 67.0 Å². The van der Waals surface area contributed by atoms with Crippen molar-refractivity contribution in [2.45, 2.75) is 66.7 Å². The van der Waals surface area contributed by atoms with Gasteiger partial charge in [0.1, 0.15) is 5.69 Å². The first-order valence-electron chi connectivity index (χ1n) is 24.4. The monoisotopic (exact) mass is 1300 g/mol. The van der Waals surface area contributed by atoms with Crippen molar-refractivity contribution in [3.05, 3.63) is 199 Å². The maximum atomic E-state index is 12.2. The highest BCUT2D eigenvalue weighted by atomic mass is 35.5.